The molecule has 0 spiro atoms. The third-order valence-corrected chi connectivity index (χ3v) is 4.98. The Balaban J connectivity index is 1.88. The van der Waals surface area contributed by atoms with Crippen LogP contribution >= 0.6 is 0 Å². The Labute approximate surface area is 117 Å². The average molecular weight is 295 g/mol. The van der Waals surface area contributed by atoms with Crippen molar-refractivity contribution in [1.29, 1.82) is 0 Å². The quantitative estimate of drug-likeness (QED) is 0.926. The number of fused-ring (bicyclic) bond motifs is 1. The molecule has 1 atom stereocenters. The SMILES string of the molecule is COc1ccc2nc(C3CCN(S(C)(=O)=O)C3)[nH]c2c1. The number of imidazole rings is 1. The first kappa shape index (κ1) is 13.4. The monoisotopic (exact) mass is 295 g/mol. The van der Waals surface area contributed by atoms with Crippen molar-refractivity contribution in [3.63, 3.8) is 0 Å². The van der Waals surface area contributed by atoms with E-state index < -0.39 is 10.0 Å². The highest BCUT2D eigenvalue weighted by Crippen LogP contribution is 2.29. The van der Waals surface area contributed by atoms with Gasteiger partial charge in [0.25, 0.3) is 0 Å². The summed E-state index contributed by atoms with van der Waals surface area (Å²) in [6.07, 6.45) is 2.04. The van der Waals surface area contributed by atoms with E-state index in [9.17, 15) is 8.42 Å². The van der Waals surface area contributed by atoms with Gasteiger partial charge in [0.15, 0.2) is 0 Å². The Morgan fingerprint density at radius 1 is 1.45 bits per heavy atom. The number of methoxy groups -OCH3 is 1. The molecule has 1 saturated heterocycles. The van der Waals surface area contributed by atoms with E-state index in [1.54, 1.807) is 7.11 Å². The van der Waals surface area contributed by atoms with Crippen molar-refractivity contribution in [1.82, 2.24) is 14.3 Å². The minimum Gasteiger partial charge on any atom is -0.497 e. The molecule has 1 unspecified atom stereocenters. The second-order valence-corrected chi connectivity index (χ2v) is 7.09. The summed E-state index contributed by atoms with van der Waals surface area (Å²) in [5.74, 6) is 1.75. The van der Waals surface area contributed by atoms with E-state index in [2.05, 4.69) is 9.97 Å². The van der Waals surface area contributed by atoms with Crippen LogP contribution in [0.2, 0.25) is 0 Å². The van der Waals surface area contributed by atoms with Gasteiger partial charge in [0.05, 0.1) is 24.4 Å². The van der Waals surface area contributed by atoms with Crippen molar-refractivity contribution < 1.29 is 13.2 Å². The van der Waals surface area contributed by atoms with Crippen LogP contribution in [0.25, 0.3) is 11.0 Å². The molecule has 1 aromatic carbocycles. The molecule has 2 heterocycles. The first-order valence-electron chi connectivity index (χ1n) is 6.46. The molecule has 6 nitrogen and oxygen atoms in total. The van der Waals surface area contributed by atoms with Crippen LogP contribution in [-0.4, -0.2) is 49.1 Å². The maximum Gasteiger partial charge on any atom is 0.211 e. The second kappa shape index (κ2) is 4.75. The molecule has 1 aliphatic heterocycles. The topological polar surface area (TPSA) is 75.3 Å². The van der Waals surface area contributed by atoms with Gasteiger partial charge >= 0.3 is 0 Å². The third-order valence-electron chi connectivity index (χ3n) is 3.71. The normalized spacial score (nSPS) is 20.6. The van der Waals surface area contributed by atoms with Gasteiger partial charge in [0.1, 0.15) is 11.6 Å². The number of aromatic nitrogens is 2. The van der Waals surface area contributed by atoms with Crippen LogP contribution in [0.15, 0.2) is 18.2 Å². The molecular weight excluding hydrogens is 278 g/mol. The van der Waals surface area contributed by atoms with E-state index >= 15 is 0 Å². The Bertz CT molecular complexity index is 738. The van der Waals surface area contributed by atoms with Crippen molar-refractivity contribution in [3.8, 4) is 5.75 Å². The van der Waals surface area contributed by atoms with Crippen LogP contribution in [0.4, 0.5) is 0 Å². The first-order chi connectivity index (χ1) is 9.47. The van der Waals surface area contributed by atoms with E-state index in [1.807, 2.05) is 18.2 Å². The zero-order valence-corrected chi connectivity index (χ0v) is 12.3. The molecule has 0 saturated carbocycles. The van der Waals surface area contributed by atoms with Crippen LogP contribution in [0, 0.1) is 0 Å². The van der Waals surface area contributed by atoms with Gasteiger partial charge in [-0.1, -0.05) is 0 Å². The fourth-order valence-corrected chi connectivity index (χ4v) is 3.47. The summed E-state index contributed by atoms with van der Waals surface area (Å²) in [5.41, 5.74) is 1.79. The summed E-state index contributed by atoms with van der Waals surface area (Å²) < 4.78 is 29.8. The number of hydrogen-bond acceptors (Lipinski definition) is 4. The Kier molecular flexibility index (Phi) is 3.18. The molecule has 2 aromatic rings. The van der Waals surface area contributed by atoms with E-state index in [0.29, 0.717) is 13.1 Å². The Morgan fingerprint density at radius 3 is 2.90 bits per heavy atom. The molecule has 0 aliphatic carbocycles. The number of sulfonamides is 1. The number of aromatic amines is 1. The molecule has 20 heavy (non-hydrogen) atoms. The highest BCUT2D eigenvalue weighted by molar-refractivity contribution is 7.88. The molecule has 0 radical (unpaired) electrons. The number of hydrogen-bond donors (Lipinski definition) is 1. The molecule has 1 aromatic heterocycles. The van der Waals surface area contributed by atoms with Crippen LogP contribution in [0.3, 0.4) is 0 Å². The fraction of sp³-hybridized carbons (Fsp3) is 0.462. The Morgan fingerprint density at radius 2 is 2.25 bits per heavy atom. The maximum absolute atomic E-state index is 11.5. The van der Waals surface area contributed by atoms with Crippen LogP contribution < -0.4 is 4.74 Å². The molecule has 108 valence electrons. The number of rotatable bonds is 3. The summed E-state index contributed by atoms with van der Waals surface area (Å²) >= 11 is 0. The highest BCUT2D eigenvalue weighted by Gasteiger charge is 2.31. The Hall–Kier alpha value is -1.60. The van der Waals surface area contributed by atoms with Gasteiger partial charge < -0.3 is 9.72 Å². The number of H-pyrrole nitrogens is 1. The van der Waals surface area contributed by atoms with Crippen molar-refractivity contribution in [2.75, 3.05) is 26.5 Å². The molecule has 7 heteroatoms. The molecular formula is C13H17N3O3S. The first-order valence-corrected chi connectivity index (χ1v) is 8.31. The maximum atomic E-state index is 11.5. The minimum absolute atomic E-state index is 0.128. The standard InChI is InChI=1S/C13H17N3O3S/c1-19-10-3-4-11-12(7-10)15-13(14-11)9-5-6-16(8-9)20(2,17)18/h3-4,7,9H,5-6,8H2,1-2H3,(H,14,15). The lowest BCUT2D eigenvalue weighted by molar-refractivity contribution is 0.415. The molecule has 1 aliphatic rings. The number of nitrogens with one attached hydrogen (secondary N) is 1. The molecule has 3 rings (SSSR count). The smallest absolute Gasteiger partial charge is 0.211 e. The summed E-state index contributed by atoms with van der Waals surface area (Å²) in [6, 6.07) is 5.66. The zero-order chi connectivity index (χ0) is 14.3. The summed E-state index contributed by atoms with van der Waals surface area (Å²) in [6.45, 7) is 1.06. The van der Waals surface area contributed by atoms with Crippen LogP contribution in [0.1, 0.15) is 18.2 Å². The minimum atomic E-state index is -3.11. The number of ether oxygens (including phenoxy) is 1. The lowest BCUT2D eigenvalue weighted by Crippen LogP contribution is -2.27. The average Bonchev–Trinajstić information content (AvgIpc) is 3.03. The third kappa shape index (κ3) is 2.38. The van der Waals surface area contributed by atoms with Crippen molar-refractivity contribution in [3.05, 3.63) is 24.0 Å². The lowest BCUT2D eigenvalue weighted by atomic mass is 10.1. The van der Waals surface area contributed by atoms with Gasteiger partial charge in [0.2, 0.25) is 10.0 Å². The summed E-state index contributed by atoms with van der Waals surface area (Å²) in [5, 5.41) is 0. The van der Waals surface area contributed by atoms with Crippen LogP contribution in [-0.2, 0) is 10.0 Å². The second-order valence-electron chi connectivity index (χ2n) is 5.11. The lowest BCUT2D eigenvalue weighted by Gasteiger charge is -2.11. The van der Waals surface area contributed by atoms with Crippen molar-refractivity contribution >= 4 is 21.1 Å². The molecule has 1 N–H and O–H groups in total. The molecule has 1 fully saturated rings. The molecule has 0 bridgehead atoms. The highest BCUT2D eigenvalue weighted by atomic mass is 32.2. The van der Waals surface area contributed by atoms with E-state index in [4.69, 9.17) is 4.74 Å². The van der Waals surface area contributed by atoms with Crippen molar-refractivity contribution in [2.45, 2.75) is 12.3 Å². The predicted molar refractivity (Wildman–Crippen MR) is 76.4 cm³/mol. The van der Waals surface area contributed by atoms with E-state index in [1.165, 1.54) is 10.6 Å². The van der Waals surface area contributed by atoms with Gasteiger partial charge in [-0.15, -0.1) is 0 Å². The zero-order valence-electron chi connectivity index (χ0n) is 11.5. The van der Waals surface area contributed by atoms with Gasteiger partial charge in [-0.25, -0.2) is 17.7 Å². The van der Waals surface area contributed by atoms with E-state index in [-0.39, 0.29) is 5.92 Å². The van der Waals surface area contributed by atoms with Gasteiger partial charge in [0, 0.05) is 25.1 Å². The molecule has 0 amide bonds. The fourth-order valence-electron chi connectivity index (χ4n) is 2.58. The number of nitrogens with zero attached hydrogens (tertiary/aromatic N) is 2. The van der Waals surface area contributed by atoms with Gasteiger partial charge in [-0.05, 0) is 18.6 Å². The van der Waals surface area contributed by atoms with Gasteiger partial charge in [-0.2, -0.15) is 0 Å². The number of benzene rings is 1. The summed E-state index contributed by atoms with van der Waals surface area (Å²) in [7, 11) is -1.49. The van der Waals surface area contributed by atoms with Crippen molar-refractivity contribution in [2.24, 2.45) is 0 Å². The predicted octanol–water partition coefficient (Wildman–Crippen LogP) is 1.32. The summed E-state index contributed by atoms with van der Waals surface area (Å²) in [4.78, 5) is 7.83. The largest absolute Gasteiger partial charge is 0.497 e. The van der Waals surface area contributed by atoms with Crippen LogP contribution in [0.5, 0.6) is 5.75 Å². The van der Waals surface area contributed by atoms with Gasteiger partial charge in [-0.3, -0.25) is 0 Å². The van der Waals surface area contributed by atoms with E-state index in [0.717, 1.165) is 29.0 Å².